The largest absolute Gasteiger partial charge is 0.497 e. The fourth-order valence-electron chi connectivity index (χ4n) is 1.70. The lowest BCUT2D eigenvalue weighted by molar-refractivity contribution is -0.115. The van der Waals surface area contributed by atoms with E-state index in [2.05, 4.69) is 15.6 Å². The van der Waals surface area contributed by atoms with E-state index < -0.39 is 0 Å². The number of hydrogen-bond donors (Lipinski definition) is 2. The van der Waals surface area contributed by atoms with Crippen LogP contribution in [0.1, 0.15) is 5.56 Å². The minimum Gasteiger partial charge on any atom is -0.497 e. The van der Waals surface area contributed by atoms with Crippen LogP contribution in [0.5, 0.6) is 5.75 Å². The second-order valence-electron chi connectivity index (χ2n) is 4.24. The van der Waals surface area contributed by atoms with Crippen molar-refractivity contribution in [2.24, 2.45) is 0 Å². The van der Waals surface area contributed by atoms with E-state index >= 15 is 0 Å². The van der Waals surface area contributed by atoms with Gasteiger partial charge in [-0.3, -0.25) is 9.78 Å². The summed E-state index contributed by atoms with van der Waals surface area (Å²) in [4.78, 5) is 15.7. The predicted molar refractivity (Wildman–Crippen MR) is 77.6 cm³/mol. The topological polar surface area (TPSA) is 63.2 Å². The highest BCUT2D eigenvalue weighted by Crippen LogP contribution is 2.14. The second-order valence-corrected chi connectivity index (χ2v) is 4.24. The van der Waals surface area contributed by atoms with Gasteiger partial charge in [0, 0.05) is 24.6 Å². The summed E-state index contributed by atoms with van der Waals surface area (Å²) >= 11 is 0. The van der Waals surface area contributed by atoms with E-state index in [1.165, 1.54) is 0 Å². The lowest BCUT2D eigenvalue weighted by Gasteiger charge is -2.07. The van der Waals surface area contributed by atoms with Crippen molar-refractivity contribution < 1.29 is 9.53 Å². The monoisotopic (exact) mass is 271 g/mol. The molecule has 1 aromatic heterocycles. The molecule has 0 aliphatic heterocycles. The van der Waals surface area contributed by atoms with E-state index in [-0.39, 0.29) is 12.5 Å². The fourth-order valence-corrected chi connectivity index (χ4v) is 1.70. The summed E-state index contributed by atoms with van der Waals surface area (Å²) in [5.74, 6) is 0.683. The van der Waals surface area contributed by atoms with Crippen LogP contribution in [0.15, 0.2) is 48.8 Å². The van der Waals surface area contributed by atoms with Crippen molar-refractivity contribution in [1.29, 1.82) is 0 Å². The van der Waals surface area contributed by atoms with Crippen molar-refractivity contribution in [3.05, 3.63) is 54.4 Å². The number of carbonyl (C=O) groups excluding carboxylic acids is 1. The molecule has 5 nitrogen and oxygen atoms in total. The molecule has 0 atom stereocenters. The zero-order chi connectivity index (χ0) is 14.2. The van der Waals surface area contributed by atoms with Gasteiger partial charge < -0.3 is 15.4 Å². The first-order valence-electron chi connectivity index (χ1n) is 6.31. The molecule has 1 heterocycles. The molecule has 0 saturated carbocycles. The van der Waals surface area contributed by atoms with Gasteiger partial charge in [-0.15, -0.1) is 0 Å². The summed E-state index contributed by atoms with van der Waals surface area (Å²) in [6.45, 7) is 0.896. The number of amides is 1. The number of methoxy groups -OCH3 is 1. The highest BCUT2D eigenvalue weighted by molar-refractivity contribution is 5.92. The number of aromatic nitrogens is 1. The number of nitrogens with zero attached hydrogens (tertiary/aromatic N) is 1. The summed E-state index contributed by atoms with van der Waals surface area (Å²) in [7, 11) is 1.61. The Kier molecular flexibility index (Phi) is 5.08. The van der Waals surface area contributed by atoms with Gasteiger partial charge in [-0.1, -0.05) is 0 Å². The zero-order valence-electron chi connectivity index (χ0n) is 11.3. The molecule has 20 heavy (non-hydrogen) atoms. The number of ether oxygens (including phenoxy) is 1. The Morgan fingerprint density at radius 3 is 2.50 bits per heavy atom. The van der Waals surface area contributed by atoms with Gasteiger partial charge >= 0.3 is 0 Å². The van der Waals surface area contributed by atoms with Gasteiger partial charge in [0.1, 0.15) is 5.75 Å². The maximum Gasteiger partial charge on any atom is 0.238 e. The third-order valence-corrected chi connectivity index (χ3v) is 2.74. The van der Waals surface area contributed by atoms with E-state index in [9.17, 15) is 4.79 Å². The Labute approximate surface area is 118 Å². The van der Waals surface area contributed by atoms with Crippen LogP contribution in [0, 0.1) is 0 Å². The van der Waals surface area contributed by atoms with Crippen molar-refractivity contribution >= 4 is 11.6 Å². The molecule has 5 heteroatoms. The van der Waals surface area contributed by atoms with Gasteiger partial charge in [0.05, 0.1) is 13.7 Å². The lowest BCUT2D eigenvalue weighted by atomic mass is 10.2. The Morgan fingerprint density at radius 1 is 1.15 bits per heavy atom. The third-order valence-electron chi connectivity index (χ3n) is 2.74. The molecule has 0 radical (unpaired) electrons. The maximum atomic E-state index is 11.7. The van der Waals surface area contributed by atoms with Crippen LogP contribution in [0.4, 0.5) is 5.69 Å². The minimum absolute atomic E-state index is 0.0794. The smallest absolute Gasteiger partial charge is 0.238 e. The van der Waals surface area contributed by atoms with Crippen LogP contribution in [-0.2, 0) is 11.3 Å². The maximum absolute atomic E-state index is 11.7. The van der Waals surface area contributed by atoms with Crippen LogP contribution >= 0.6 is 0 Å². The van der Waals surface area contributed by atoms with Crippen LogP contribution in [0.2, 0.25) is 0 Å². The molecule has 0 spiro atoms. The molecule has 0 fully saturated rings. The van der Waals surface area contributed by atoms with Crippen molar-refractivity contribution in [2.45, 2.75) is 6.54 Å². The van der Waals surface area contributed by atoms with Crippen LogP contribution in [0.25, 0.3) is 0 Å². The van der Waals surface area contributed by atoms with Gasteiger partial charge in [0.25, 0.3) is 0 Å². The average molecular weight is 271 g/mol. The van der Waals surface area contributed by atoms with E-state index in [4.69, 9.17) is 4.74 Å². The molecule has 2 rings (SSSR count). The minimum atomic E-state index is -0.0794. The summed E-state index contributed by atoms with van der Waals surface area (Å²) in [5.41, 5.74) is 1.85. The van der Waals surface area contributed by atoms with Crippen molar-refractivity contribution in [2.75, 3.05) is 19.0 Å². The number of hydrogen-bond acceptors (Lipinski definition) is 4. The molecule has 1 amide bonds. The Balaban J connectivity index is 1.74. The van der Waals surface area contributed by atoms with E-state index in [1.54, 1.807) is 43.8 Å². The molecule has 0 aliphatic rings. The molecule has 2 N–H and O–H groups in total. The lowest BCUT2D eigenvalue weighted by Crippen LogP contribution is -2.27. The molecule has 104 valence electrons. The molecule has 0 saturated heterocycles. The number of carbonyl (C=O) groups is 1. The van der Waals surface area contributed by atoms with Crippen molar-refractivity contribution in [3.63, 3.8) is 0 Å². The zero-order valence-corrected chi connectivity index (χ0v) is 11.3. The van der Waals surface area contributed by atoms with E-state index in [0.717, 1.165) is 17.0 Å². The predicted octanol–water partition coefficient (Wildman–Crippen LogP) is 1.82. The van der Waals surface area contributed by atoms with Gasteiger partial charge in [-0.2, -0.15) is 0 Å². The van der Waals surface area contributed by atoms with Gasteiger partial charge in [0.15, 0.2) is 0 Å². The molecular formula is C15H17N3O2. The number of benzene rings is 1. The second kappa shape index (κ2) is 7.25. The molecule has 1 aromatic carbocycles. The Hall–Kier alpha value is -2.40. The molecule has 0 bridgehead atoms. The SMILES string of the molecule is COc1ccc(NC(=O)CNCc2ccncc2)cc1. The molecule has 0 unspecified atom stereocenters. The van der Waals surface area contributed by atoms with Crippen LogP contribution in [-0.4, -0.2) is 24.5 Å². The number of nitrogens with one attached hydrogen (secondary N) is 2. The average Bonchev–Trinajstić information content (AvgIpc) is 2.49. The summed E-state index contributed by atoms with van der Waals surface area (Å²) in [5, 5.41) is 5.89. The number of pyridine rings is 1. The van der Waals surface area contributed by atoms with Crippen molar-refractivity contribution in [3.8, 4) is 5.75 Å². The van der Waals surface area contributed by atoms with Crippen LogP contribution in [0.3, 0.4) is 0 Å². The van der Waals surface area contributed by atoms with E-state index in [1.807, 2.05) is 12.1 Å². The summed E-state index contributed by atoms with van der Waals surface area (Å²) in [6, 6.07) is 11.0. The summed E-state index contributed by atoms with van der Waals surface area (Å²) in [6.07, 6.45) is 3.46. The number of anilines is 1. The number of rotatable bonds is 6. The summed E-state index contributed by atoms with van der Waals surface area (Å²) < 4.78 is 5.06. The first-order chi connectivity index (χ1) is 9.78. The Bertz CT molecular complexity index is 541. The van der Waals surface area contributed by atoms with E-state index in [0.29, 0.717) is 6.54 Å². The molecule has 2 aromatic rings. The third kappa shape index (κ3) is 4.37. The molecule has 0 aliphatic carbocycles. The first-order valence-corrected chi connectivity index (χ1v) is 6.31. The van der Waals surface area contributed by atoms with Gasteiger partial charge in [-0.05, 0) is 42.0 Å². The van der Waals surface area contributed by atoms with Gasteiger partial charge in [-0.25, -0.2) is 0 Å². The quantitative estimate of drug-likeness (QED) is 0.841. The highest BCUT2D eigenvalue weighted by atomic mass is 16.5. The normalized spacial score (nSPS) is 10.1. The fraction of sp³-hybridized carbons (Fsp3) is 0.200. The highest BCUT2D eigenvalue weighted by Gasteiger charge is 2.02. The first kappa shape index (κ1) is 14.0. The Morgan fingerprint density at radius 2 is 1.85 bits per heavy atom. The standard InChI is InChI=1S/C15H17N3O2/c1-20-14-4-2-13(3-5-14)18-15(19)11-17-10-12-6-8-16-9-7-12/h2-9,17H,10-11H2,1H3,(H,18,19). The van der Waals surface area contributed by atoms with Crippen molar-refractivity contribution in [1.82, 2.24) is 10.3 Å². The van der Waals surface area contributed by atoms with Gasteiger partial charge in [0.2, 0.25) is 5.91 Å². The molecular weight excluding hydrogens is 254 g/mol. The van der Waals surface area contributed by atoms with Crippen LogP contribution < -0.4 is 15.4 Å².